The van der Waals surface area contributed by atoms with Gasteiger partial charge in [-0.25, -0.2) is 0 Å². The lowest BCUT2D eigenvalue weighted by atomic mass is 10.0. The molecule has 2 atom stereocenters. The molecule has 0 bridgehead atoms. The molecule has 1 aliphatic rings. The van der Waals surface area contributed by atoms with Crippen molar-refractivity contribution in [2.24, 2.45) is 0 Å². The van der Waals surface area contributed by atoms with Crippen molar-refractivity contribution in [2.45, 2.75) is 57.7 Å². The van der Waals surface area contributed by atoms with Crippen LogP contribution in [0.1, 0.15) is 40.0 Å². The number of rotatable bonds is 6. The summed E-state index contributed by atoms with van der Waals surface area (Å²) in [5.41, 5.74) is 0.0484. The van der Waals surface area contributed by atoms with Gasteiger partial charge in [-0.1, -0.05) is 0 Å². The molecule has 1 aliphatic heterocycles. The molecule has 3 nitrogen and oxygen atoms in total. The van der Waals surface area contributed by atoms with Crippen LogP contribution in [-0.2, 0) is 9.47 Å². The Morgan fingerprint density at radius 1 is 1.53 bits per heavy atom. The zero-order valence-corrected chi connectivity index (χ0v) is 10.5. The maximum absolute atomic E-state index is 5.63. The molecule has 15 heavy (non-hydrogen) atoms. The van der Waals surface area contributed by atoms with Gasteiger partial charge in [0, 0.05) is 25.3 Å². The molecule has 0 aromatic carbocycles. The lowest BCUT2D eigenvalue weighted by Crippen LogP contribution is -2.48. The van der Waals surface area contributed by atoms with Gasteiger partial charge in [0.05, 0.1) is 12.7 Å². The van der Waals surface area contributed by atoms with Gasteiger partial charge >= 0.3 is 0 Å². The van der Waals surface area contributed by atoms with E-state index in [1.807, 2.05) is 0 Å². The number of methoxy groups -OCH3 is 1. The van der Waals surface area contributed by atoms with E-state index in [9.17, 15) is 0 Å². The highest BCUT2D eigenvalue weighted by Gasteiger charge is 2.23. The fraction of sp³-hybridized carbons (Fsp3) is 1.00. The third-order valence-electron chi connectivity index (χ3n) is 2.78. The standard InChI is InChI=1S/C12H25NO2/c1-10(8-11-6-5-7-15-11)13-12(2,3)9-14-4/h10-11,13H,5-9H2,1-4H3. The minimum atomic E-state index is 0.0484. The minimum Gasteiger partial charge on any atom is -0.383 e. The zero-order valence-electron chi connectivity index (χ0n) is 10.5. The van der Waals surface area contributed by atoms with Crippen LogP contribution in [0.25, 0.3) is 0 Å². The molecule has 0 aromatic heterocycles. The van der Waals surface area contributed by atoms with Crippen molar-refractivity contribution >= 4 is 0 Å². The van der Waals surface area contributed by atoms with Crippen molar-refractivity contribution < 1.29 is 9.47 Å². The second-order valence-electron chi connectivity index (χ2n) is 5.23. The average Bonchev–Trinajstić information content (AvgIpc) is 2.54. The molecule has 0 radical (unpaired) electrons. The Kier molecular flexibility index (Phi) is 5.03. The summed E-state index contributed by atoms with van der Waals surface area (Å²) >= 11 is 0. The quantitative estimate of drug-likeness (QED) is 0.734. The molecule has 3 heteroatoms. The summed E-state index contributed by atoms with van der Waals surface area (Å²) < 4.78 is 10.8. The van der Waals surface area contributed by atoms with Crippen LogP contribution in [0.15, 0.2) is 0 Å². The molecular formula is C12H25NO2. The summed E-state index contributed by atoms with van der Waals surface area (Å²) in [6, 6.07) is 0.484. The predicted molar refractivity (Wildman–Crippen MR) is 62.1 cm³/mol. The van der Waals surface area contributed by atoms with Crippen molar-refractivity contribution in [3.63, 3.8) is 0 Å². The fourth-order valence-electron chi connectivity index (χ4n) is 2.35. The maximum Gasteiger partial charge on any atom is 0.0639 e. The number of hydrogen-bond acceptors (Lipinski definition) is 3. The molecule has 1 N–H and O–H groups in total. The van der Waals surface area contributed by atoms with E-state index < -0.39 is 0 Å². The van der Waals surface area contributed by atoms with Gasteiger partial charge in [0.25, 0.3) is 0 Å². The normalized spacial score (nSPS) is 24.4. The largest absolute Gasteiger partial charge is 0.383 e. The molecule has 1 saturated heterocycles. The number of nitrogens with one attached hydrogen (secondary N) is 1. The Bertz CT molecular complexity index is 176. The summed E-state index contributed by atoms with van der Waals surface area (Å²) in [7, 11) is 1.74. The van der Waals surface area contributed by atoms with Crippen molar-refractivity contribution in [2.75, 3.05) is 20.3 Å². The summed E-state index contributed by atoms with van der Waals surface area (Å²) in [6.07, 6.45) is 4.01. The van der Waals surface area contributed by atoms with Crippen LogP contribution in [0.2, 0.25) is 0 Å². The van der Waals surface area contributed by atoms with Crippen molar-refractivity contribution in [3.05, 3.63) is 0 Å². The predicted octanol–water partition coefficient (Wildman–Crippen LogP) is 1.96. The molecule has 0 aliphatic carbocycles. The molecule has 0 spiro atoms. The third kappa shape index (κ3) is 4.96. The molecule has 1 fully saturated rings. The van der Waals surface area contributed by atoms with Crippen LogP contribution in [-0.4, -0.2) is 38.0 Å². The van der Waals surface area contributed by atoms with E-state index in [-0.39, 0.29) is 5.54 Å². The monoisotopic (exact) mass is 215 g/mol. The Morgan fingerprint density at radius 3 is 2.80 bits per heavy atom. The summed E-state index contributed by atoms with van der Waals surface area (Å²) in [6.45, 7) is 8.24. The topological polar surface area (TPSA) is 30.5 Å². The Morgan fingerprint density at radius 2 is 2.27 bits per heavy atom. The number of hydrogen-bond donors (Lipinski definition) is 1. The highest BCUT2D eigenvalue weighted by atomic mass is 16.5. The van der Waals surface area contributed by atoms with E-state index in [0.717, 1.165) is 19.6 Å². The second kappa shape index (κ2) is 5.83. The molecule has 0 aromatic rings. The van der Waals surface area contributed by atoms with Crippen LogP contribution in [0.5, 0.6) is 0 Å². The first kappa shape index (κ1) is 12.9. The Labute approximate surface area is 93.5 Å². The summed E-state index contributed by atoms with van der Waals surface area (Å²) in [5.74, 6) is 0. The molecule has 1 heterocycles. The molecule has 1 rings (SSSR count). The summed E-state index contributed by atoms with van der Waals surface area (Å²) in [4.78, 5) is 0. The van der Waals surface area contributed by atoms with E-state index in [1.165, 1.54) is 12.8 Å². The lowest BCUT2D eigenvalue weighted by Gasteiger charge is -2.30. The van der Waals surface area contributed by atoms with Crippen LogP contribution in [0, 0.1) is 0 Å². The molecule has 2 unspecified atom stereocenters. The molecular weight excluding hydrogens is 190 g/mol. The highest BCUT2D eigenvalue weighted by molar-refractivity contribution is 4.82. The summed E-state index contributed by atoms with van der Waals surface area (Å²) in [5, 5.41) is 3.58. The first-order valence-corrected chi connectivity index (χ1v) is 5.92. The van der Waals surface area contributed by atoms with Crippen molar-refractivity contribution in [1.29, 1.82) is 0 Å². The van der Waals surface area contributed by atoms with Gasteiger partial charge in [-0.15, -0.1) is 0 Å². The lowest BCUT2D eigenvalue weighted by molar-refractivity contribution is 0.0822. The van der Waals surface area contributed by atoms with Crippen molar-refractivity contribution in [1.82, 2.24) is 5.32 Å². The molecule has 0 amide bonds. The van der Waals surface area contributed by atoms with E-state index >= 15 is 0 Å². The zero-order chi connectivity index (χ0) is 11.3. The maximum atomic E-state index is 5.63. The fourth-order valence-corrected chi connectivity index (χ4v) is 2.35. The Hall–Kier alpha value is -0.120. The van der Waals surface area contributed by atoms with Gasteiger partial charge in [-0.2, -0.15) is 0 Å². The van der Waals surface area contributed by atoms with Gasteiger partial charge in [-0.05, 0) is 40.0 Å². The SMILES string of the molecule is COCC(C)(C)NC(C)CC1CCCO1. The van der Waals surface area contributed by atoms with Gasteiger partial charge in [0.2, 0.25) is 0 Å². The minimum absolute atomic E-state index is 0.0484. The van der Waals surface area contributed by atoms with E-state index in [2.05, 4.69) is 26.1 Å². The van der Waals surface area contributed by atoms with Crippen LogP contribution in [0.4, 0.5) is 0 Å². The van der Waals surface area contributed by atoms with E-state index in [4.69, 9.17) is 9.47 Å². The first-order valence-electron chi connectivity index (χ1n) is 5.92. The third-order valence-corrected chi connectivity index (χ3v) is 2.78. The highest BCUT2D eigenvalue weighted by Crippen LogP contribution is 2.18. The number of ether oxygens (including phenoxy) is 2. The van der Waals surface area contributed by atoms with Gasteiger partial charge in [0.1, 0.15) is 0 Å². The van der Waals surface area contributed by atoms with E-state index in [1.54, 1.807) is 7.11 Å². The Balaban J connectivity index is 2.24. The smallest absolute Gasteiger partial charge is 0.0639 e. The van der Waals surface area contributed by atoms with Gasteiger partial charge < -0.3 is 14.8 Å². The molecule has 0 saturated carbocycles. The van der Waals surface area contributed by atoms with Gasteiger partial charge in [0.15, 0.2) is 0 Å². The van der Waals surface area contributed by atoms with Crippen LogP contribution >= 0.6 is 0 Å². The van der Waals surface area contributed by atoms with Crippen LogP contribution < -0.4 is 5.32 Å². The average molecular weight is 215 g/mol. The van der Waals surface area contributed by atoms with Crippen molar-refractivity contribution in [3.8, 4) is 0 Å². The van der Waals surface area contributed by atoms with Crippen LogP contribution in [0.3, 0.4) is 0 Å². The second-order valence-corrected chi connectivity index (χ2v) is 5.23. The van der Waals surface area contributed by atoms with Gasteiger partial charge in [-0.3, -0.25) is 0 Å². The van der Waals surface area contributed by atoms with E-state index in [0.29, 0.717) is 12.1 Å². The molecule has 90 valence electrons. The first-order chi connectivity index (χ1) is 7.03.